The van der Waals surface area contributed by atoms with Crippen LogP contribution < -0.4 is 5.32 Å². The number of non-ortho nitro benzene ring substituents is 1. The summed E-state index contributed by atoms with van der Waals surface area (Å²) in [5, 5.41) is 17.4. The highest BCUT2D eigenvalue weighted by atomic mass is 79.9. The van der Waals surface area contributed by atoms with Crippen molar-refractivity contribution in [3.8, 4) is 11.3 Å². The third-order valence-electron chi connectivity index (χ3n) is 4.58. The minimum absolute atomic E-state index is 0.102. The number of benzene rings is 2. The van der Waals surface area contributed by atoms with Gasteiger partial charge >= 0.3 is 0 Å². The summed E-state index contributed by atoms with van der Waals surface area (Å²) in [5.74, 6) is -1.23. The zero-order valence-electron chi connectivity index (χ0n) is 16.1. The molecule has 0 saturated heterocycles. The molecule has 2 aromatic heterocycles. The van der Waals surface area contributed by atoms with Gasteiger partial charge in [-0.25, -0.2) is 22.7 Å². The third kappa shape index (κ3) is 4.46. The van der Waals surface area contributed by atoms with Crippen molar-refractivity contribution < 1.29 is 22.9 Å². The third-order valence-corrected chi connectivity index (χ3v) is 5.83. The maximum atomic E-state index is 13.7. The smallest absolute Gasteiger partial charge is 0.280 e. The second-order valence-electron chi connectivity index (χ2n) is 6.66. The lowest BCUT2D eigenvalue weighted by molar-refractivity contribution is -0.385. The number of fused-ring (bicyclic) bond motifs is 1. The summed E-state index contributed by atoms with van der Waals surface area (Å²) in [6.45, 7) is 0. The summed E-state index contributed by atoms with van der Waals surface area (Å²) >= 11 is 6.34. The van der Waals surface area contributed by atoms with Crippen LogP contribution in [0.5, 0.6) is 0 Å². The molecule has 2 heterocycles. The van der Waals surface area contributed by atoms with Crippen LogP contribution in [-0.2, 0) is 0 Å². The van der Waals surface area contributed by atoms with E-state index in [2.05, 4.69) is 47.3 Å². The van der Waals surface area contributed by atoms with Crippen molar-refractivity contribution in [1.82, 2.24) is 14.6 Å². The van der Waals surface area contributed by atoms with Crippen molar-refractivity contribution >= 4 is 54.8 Å². The summed E-state index contributed by atoms with van der Waals surface area (Å²) < 4.78 is 42.0. The van der Waals surface area contributed by atoms with Crippen molar-refractivity contribution in [3.05, 3.63) is 84.8 Å². The Labute approximate surface area is 199 Å². The lowest BCUT2D eigenvalue weighted by Gasteiger charge is -2.10. The van der Waals surface area contributed by atoms with Gasteiger partial charge in [-0.2, -0.15) is 5.10 Å². The van der Waals surface area contributed by atoms with Crippen LogP contribution in [0.4, 0.5) is 24.5 Å². The highest BCUT2D eigenvalue weighted by molar-refractivity contribution is 9.11. The molecular weight excluding hydrogens is 575 g/mol. The van der Waals surface area contributed by atoms with Gasteiger partial charge in [-0.15, -0.1) is 0 Å². The quantitative estimate of drug-likeness (QED) is 0.224. The predicted molar refractivity (Wildman–Crippen MR) is 120 cm³/mol. The molecule has 0 aliphatic rings. The normalized spacial score (nSPS) is 11.2. The van der Waals surface area contributed by atoms with E-state index in [9.17, 15) is 28.1 Å². The first-order chi connectivity index (χ1) is 15.7. The van der Waals surface area contributed by atoms with Gasteiger partial charge in [0.1, 0.15) is 17.1 Å². The van der Waals surface area contributed by atoms with Gasteiger partial charge in [0, 0.05) is 26.6 Å². The number of alkyl halides is 2. The van der Waals surface area contributed by atoms with E-state index in [1.807, 2.05) is 0 Å². The molecule has 168 valence electrons. The molecule has 0 aliphatic carbocycles. The average Bonchev–Trinajstić information content (AvgIpc) is 3.19. The minimum atomic E-state index is -2.93. The van der Waals surface area contributed by atoms with Gasteiger partial charge in [0.25, 0.3) is 18.0 Å². The van der Waals surface area contributed by atoms with Crippen LogP contribution in [0.25, 0.3) is 16.9 Å². The molecule has 33 heavy (non-hydrogen) atoms. The summed E-state index contributed by atoms with van der Waals surface area (Å²) in [6, 6.07) is 8.61. The molecule has 0 aliphatic heterocycles. The Bertz CT molecular complexity index is 1390. The first-order valence-electron chi connectivity index (χ1n) is 9.03. The molecule has 2 aromatic carbocycles. The number of halogens is 5. The van der Waals surface area contributed by atoms with E-state index in [0.717, 1.165) is 28.9 Å². The van der Waals surface area contributed by atoms with Crippen LogP contribution in [0.3, 0.4) is 0 Å². The number of rotatable bonds is 5. The molecule has 0 unspecified atom stereocenters. The topological polar surface area (TPSA) is 102 Å². The fourth-order valence-electron chi connectivity index (χ4n) is 3.04. The highest BCUT2D eigenvalue weighted by Gasteiger charge is 2.23. The van der Waals surface area contributed by atoms with Gasteiger partial charge < -0.3 is 5.32 Å². The molecule has 1 N–H and O–H groups in total. The van der Waals surface area contributed by atoms with E-state index in [0.29, 0.717) is 5.56 Å². The second kappa shape index (κ2) is 8.90. The van der Waals surface area contributed by atoms with E-state index in [4.69, 9.17) is 0 Å². The number of hydrogen-bond donors (Lipinski definition) is 1. The number of nitrogens with zero attached hydrogens (tertiary/aromatic N) is 4. The van der Waals surface area contributed by atoms with Crippen LogP contribution in [0.15, 0.2) is 57.6 Å². The summed E-state index contributed by atoms with van der Waals surface area (Å²) in [5.41, 5.74) is -0.309. The SMILES string of the molecule is O=C(Nc1c(Br)cc([N+](=O)[O-])cc1Br)c1cnn2c(C(F)F)cc(-c3ccc(F)cc3)nc12. The number of amides is 1. The van der Waals surface area contributed by atoms with E-state index < -0.39 is 28.8 Å². The zero-order chi connectivity index (χ0) is 23.9. The van der Waals surface area contributed by atoms with Gasteiger partial charge in [-0.05, 0) is 62.2 Å². The molecule has 0 atom stereocenters. The Hall–Kier alpha value is -3.32. The Balaban J connectivity index is 1.79. The molecule has 4 rings (SSSR count). The lowest BCUT2D eigenvalue weighted by Crippen LogP contribution is -2.13. The number of nitrogens with one attached hydrogen (secondary N) is 1. The number of aromatic nitrogens is 3. The van der Waals surface area contributed by atoms with Gasteiger partial charge in [0.05, 0.1) is 22.5 Å². The van der Waals surface area contributed by atoms with Gasteiger partial charge in [-0.3, -0.25) is 14.9 Å². The molecule has 8 nitrogen and oxygen atoms in total. The van der Waals surface area contributed by atoms with Crippen LogP contribution in [-0.4, -0.2) is 25.4 Å². The van der Waals surface area contributed by atoms with Crippen molar-refractivity contribution in [1.29, 1.82) is 0 Å². The number of hydrogen-bond acceptors (Lipinski definition) is 5. The first-order valence-corrected chi connectivity index (χ1v) is 10.6. The predicted octanol–water partition coefficient (Wildman–Crippen LogP) is 6.16. The molecule has 13 heteroatoms. The van der Waals surface area contributed by atoms with Crippen LogP contribution >= 0.6 is 31.9 Å². The van der Waals surface area contributed by atoms with Gasteiger partial charge in [-0.1, -0.05) is 0 Å². The monoisotopic (exact) mass is 583 g/mol. The molecule has 0 radical (unpaired) electrons. The summed E-state index contributed by atoms with van der Waals surface area (Å²) in [6.07, 6.45) is -1.84. The lowest BCUT2D eigenvalue weighted by atomic mass is 10.1. The first kappa shape index (κ1) is 22.9. The maximum absolute atomic E-state index is 13.7. The fourth-order valence-corrected chi connectivity index (χ4v) is 4.40. The largest absolute Gasteiger partial charge is 0.320 e. The van der Waals surface area contributed by atoms with Crippen molar-refractivity contribution in [2.24, 2.45) is 0 Å². The Morgan fingerprint density at radius 3 is 2.33 bits per heavy atom. The number of carbonyl (C=O) groups excluding carboxylic acids is 1. The maximum Gasteiger partial charge on any atom is 0.280 e. The number of nitro groups is 1. The minimum Gasteiger partial charge on any atom is -0.320 e. The van der Waals surface area contributed by atoms with Crippen molar-refractivity contribution in [2.75, 3.05) is 5.32 Å². The number of carbonyl (C=O) groups is 1. The summed E-state index contributed by atoms with van der Waals surface area (Å²) in [7, 11) is 0. The van der Waals surface area contributed by atoms with Gasteiger partial charge in [0.2, 0.25) is 0 Å². The molecule has 0 fully saturated rings. The van der Waals surface area contributed by atoms with Gasteiger partial charge in [0.15, 0.2) is 5.65 Å². The molecule has 4 aromatic rings. The Morgan fingerprint density at radius 2 is 1.76 bits per heavy atom. The van der Waals surface area contributed by atoms with Crippen molar-refractivity contribution in [2.45, 2.75) is 6.43 Å². The Kier molecular flexibility index (Phi) is 6.17. The molecular formula is C20H10Br2F3N5O3. The second-order valence-corrected chi connectivity index (χ2v) is 8.37. The zero-order valence-corrected chi connectivity index (χ0v) is 19.3. The molecule has 1 amide bonds. The number of anilines is 1. The average molecular weight is 585 g/mol. The summed E-state index contributed by atoms with van der Waals surface area (Å²) in [4.78, 5) is 27.7. The standard InChI is InChI=1S/C20H10Br2F3N5O3/c21-13-5-11(30(32)33)6-14(22)17(13)28-20(31)12-8-26-29-16(18(24)25)7-15(27-19(12)29)9-1-3-10(23)4-2-9/h1-8,18H,(H,28,31). The molecule has 0 bridgehead atoms. The Morgan fingerprint density at radius 1 is 1.12 bits per heavy atom. The molecule has 0 saturated carbocycles. The fraction of sp³-hybridized carbons (Fsp3) is 0.0500. The number of nitro benzene ring substituents is 1. The van der Waals surface area contributed by atoms with E-state index in [-0.39, 0.29) is 37.2 Å². The van der Waals surface area contributed by atoms with Crippen molar-refractivity contribution in [3.63, 3.8) is 0 Å². The van der Waals surface area contributed by atoms with Crippen LogP contribution in [0.2, 0.25) is 0 Å². The van der Waals surface area contributed by atoms with Crippen LogP contribution in [0.1, 0.15) is 22.5 Å². The molecule has 0 spiro atoms. The van der Waals surface area contributed by atoms with E-state index >= 15 is 0 Å². The highest BCUT2D eigenvalue weighted by Crippen LogP contribution is 2.36. The van der Waals surface area contributed by atoms with E-state index in [1.165, 1.54) is 24.3 Å². The van der Waals surface area contributed by atoms with E-state index in [1.54, 1.807) is 0 Å². The van der Waals surface area contributed by atoms with Crippen LogP contribution in [0, 0.1) is 15.9 Å².